The predicted molar refractivity (Wildman–Crippen MR) is 81.1 cm³/mol. The van der Waals surface area contributed by atoms with E-state index in [0.29, 0.717) is 0 Å². The molecule has 0 atom stereocenters. The summed E-state index contributed by atoms with van der Waals surface area (Å²) in [6, 6.07) is 10.9. The summed E-state index contributed by atoms with van der Waals surface area (Å²) in [5, 5.41) is 9.25. The van der Waals surface area contributed by atoms with Crippen LogP contribution in [0.4, 0.5) is 0 Å². The summed E-state index contributed by atoms with van der Waals surface area (Å²) in [7, 11) is 0. The molecule has 1 N–H and O–H groups in total. The molecule has 3 rings (SSSR count). The number of carbonyl (C=O) groups is 1. The number of rotatable bonds is 2. The van der Waals surface area contributed by atoms with Gasteiger partial charge in [0.25, 0.3) is 5.91 Å². The third-order valence-electron chi connectivity index (χ3n) is 3.82. The van der Waals surface area contributed by atoms with Crippen molar-refractivity contribution in [1.82, 2.24) is 9.88 Å². The summed E-state index contributed by atoms with van der Waals surface area (Å²) in [5.74, 6) is 0.260. The minimum absolute atomic E-state index is 0.111. The van der Waals surface area contributed by atoms with Crippen LogP contribution in [-0.4, -0.2) is 34.0 Å². The Morgan fingerprint density at radius 2 is 1.71 bits per heavy atom. The summed E-state index contributed by atoms with van der Waals surface area (Å²) < 4.78 is 0. The summed E-state index contributed by atoms with van der Waals surface area (Å²) in [4.78, 5) is 18.5. The van der Waals surface area contributed by atoms with E-state index in [9.17, 15) is 9.90 Å². The predicted octanol–water partition coefficient (Wildman–Crippen LogP) is 3.08. The van der Waals surface area contributed by atoms with Gasteiger partial charge in [0.1, 0.15) is 5.75 Å². The standard InChI is InChI=1S/C17H18N2O2/c20-15-8-9-16(18-12-15)13-4-6-14(7-5-13)17(21)19-10-2-1-3-11-19/h4-9,12,20H,1-3,10-11H2. The monoisotopic (exact) mass is 282 g/mol. The highest BCUT2D eigenvalue weighted by molar-refractivity contribution is 5.94. The minimum Gasteiger partial charge on any atom is -0.506 e. The van der Waals surface area contributed by atoms with Gasteiger partial charge in [0.05, 0.1) is 11.9 Å². The van der Waals surface area contributed by atoms with Crippen molar-refractivity contribution < 1.29 is 9.90 Å². The lowest BCUT2D eigenvalue weighted by molar-refractivity contribution is 0.0724. The van der Waals surface area contributed by atoms with Crippen LogP contribution >= 0.6 is 0 Å². The number of carbonyl (C=O) groups excluding carboxylic acids is 1. The first-order valence-corrected chi connectivity index (χ1v) is 7.29. The number of hydrogen-bond donors (Lipinski definition) is 1. The van der Waals surface area contributed by atoms with E-state index in [0.717, 1.165) is 42.8 Å². The van der Waals surface area contributed by atoms with Gasteiger partial charge in [-0.3, -0.25) is 9.78 Å². The molecule has 1 amide bonds. The van der Waals surface area contributed by atoms with Gasteiger partial charge in [0, 0.05) is 24.2 Å². The highest BCUT2D eigenvalue weighted by Crippen LogP contribution is 2.20. The molecule has 1 aliphatic rings. The number of piperidine rings is 1. The molecule has 4 heteroatoms. The maximum Gasteiger partial charge on any atom is 0.253 e. The average Bonchev–Trinajstić information content (AvgIpc) is 2.56. The van der Waals surface area contributed by atoms with Crippen molar-refractivity contribution in [3.63, 3.8) is 0 Å². The molecule has 21 heavy (non-hydrogen) atoms. The van der Waals surface area contributed by atoms with E-state index < -0.39 is 0 Å². The Hall–Kier alpha value is -2.36. The van der Waals surface area contributed by atoms with Crippen molar-refractivity contribution in [2.24, 2.45) is 0 Å². The lowest BCUT2D eigenvalue weighted by Crippen LogP contribution is -2.35. The van der Waals surface area contributed by atoms with Crippen LogP contribution in [0.3, 0.4) is 0 Å². The molecule has 1 aromatic heterocycles. The van der Waals surface area contributed by atoms with Crippen LogP contribution in [0.1, 0.15) is 29.6 Å². The number of benzene rings is 1. The van der Waals surface area contributed by atoms with Crippen LogP contribution < -0.4 is 0 Å². The molecule has 1 fully saturated rings. The van der Waals surface area contributed by atoms with Gasteiger partial charge in [-0.15, -0.1) is 0 Å². The second-order valence-electron chi connectivity index (χ2n) is 5.33. The zero-order chi connectivity index (χ0) is 14.7. The van der Waals surface area contributed by atoms with Gasteiger partial charge in [-0.2, -0.15) is 0 Å². The first-order valence-electron chi connectivity index (χ1n) is 7.29. The van der Waals surface area contributed by atoms with Crippen LogP contribution in [0, 0.1) is 0 Å². The van der Waals surface area contributed by atoms with Crippen molar-refractivity contribution in [1.29, 1.82) is 0 Å². The molecule has 0 aliphatic carbocycles. The summed E-state index contributed by atoms with van der Waals surface area (Å²) in [6.45, 7) is 1.72. The number of nitrogens with zero attached hydrogens (tertiary/aromatic N) is 2. The average molecular weight is 282 g/mol. The van der Waals surface area contributed by atoms with Crippen molar-refractivity contribution in [3.05, 3.63) is 48.2 Å². The Morgan fingerprint density at radius 3 is 2.33 bits per heavy atom. The van der Waals surface area contributed by atoms with E-state index in [-0.39, 0.29) is 11.7 Å². The fraction of sp³-hybridized carbons (Fsp3) is 0.294. The molecule has 4 nitrogen and oxygen atoms in total. The van der Waals surface area contributed by atoms with Crippen molar-refractivity contribution in [3.8, 4) is 17.0 Å². The van der Waals surface area contributed by atoms with E-state index in [1.54, 1.807) is 12.1 Å². The van der Waals surface area contributed by atoms with Crippen LogP contribution in [0.25, 0.3) is 11.3 Å². The molecular formula is C17H18N2O2. The number of pyridine rings is 1. The van der Waals surface area contributed by atoms with Crippen LogP contribution in [-0.2, 0) is 0 Å². The Balaban J connectivity index is 1.77. The summed E-state index contributed by atoms with van der Waals surface area (Å²) in [6.07, 6.45) is 4.83. The molecule has 2 heterocycles. The molecule has 1 aromatic carbocycles. The molecule has 108 valence electrons. The fourth-order valence-corrected chi connectivity index (χ4v) is 2.62. The summed E-state index contributed by atoms with van der Waals surface area (Å²) in [5.41, 5.74) is 2.44. The second-order valence-corrected chi connectivity index (χ2v) is 5.33. The van der Waals surface area contributed by atoms with Crippen molar-refractivity contribution in [2.45, 2.75) is 19.3 Å². The molecule has 0 radical (unpaired) electrons. The third-order valence-corrected chi connectivity index (χ3v) is 3.82. The lowest BCUT2D eigenvalue weighted by atomic mass is 10.1. The smallest absolute Gasteiger partial charge is 0.253 e. The van der Waals surface area contributed by atoms with Gasteiger partial charge in [-0.25, -0.2) is 0 Å². The van der Waals surface area contributed by atoms with E-state index in [1.807, 2.05) is 29.2 Å². The Bertz CT molecular complexity index is 614. The molecule has 2 aromatic rings. The second kappa shape index (κ2) is 5.95. The first-order chi connectivity index (χ1) is 10.2. The largest absolute Gasteiger partial charge is 0.506 e. The normalized spacial score (nSPS) is 15.0. The van der Waals surface area contributed by atoms with Gasteiger partial charge < -0.3 is 10.0 Å². The lowest BCUT2D eigenvalue weighted by Gasteiger charge is -2.26. The molecule has 0 saturated carbocycles. The SMILES string of the molecule is O=C(c1ccc(-c2ccc(O)cn2)cc1)N1CCCCC1. The zero-order valence-electron chi connectivity index (χ0n) is 11.8. The zero-order valence-corrected chi connectivity index (χ0v) is 11.8. The molecule has 1 saturated heterocycles. The van der Waals surface area contributed by atoms with Crippen LogP contribution in [0.2, 0.25) is 0 Å². The highest BCUT2D eigenvalue weighted by atomic mass is 16.3. The van der Waals surface area contributed by atoms with E-state index in [4.69, 9.17) is 0 Å². The number of aromatic nitrogens is 1. The fourth-order valence-electron chi connectivity index (χ4n) is 2.62. The highest BCUT2D eigenvalue weighted by Gasteiger charge is 2.17. The van der Waals surface area contributed by atoms with Crippen molar-refractivity contribution >= 4 is 5.91 Å². The number of hydrogen-bond acceptors (Lipinski definition) is 3. The van der Waals surface area contributed by atoms with Gasteiger partial charge in [-0.1, -0.05) is 12.1 Å². The van der Waals surface area contributed by atoms with Gasteiger partial charge in [-0.05, 0) is 43.5 Å². The number of aromatic hydroxyl groups is 1. The Kier molecular flexibility index (Phi) is 3.86. The van der Waals surface area contributed by atoms with E-state index in [1.165, 1.54) is 12.6 Å². The van der Waals surface area contributed by atoms with Crippen molar-refractivity contribution in [2.75, 3.05) is 13.1 Å². The topological polar surface area (TPSA) is 53.4 Å². The van der Waals surface area contributed by atoms with Gasteiger partial charge in [0.15, 0.2) is 0 Å². The molecule has 0 spiro atoms. The molecule has 1 aliphatic heterocycles. The first kappa shape index (κ1) is 13.6. The maximum absolute atomic E-state index is 12.4. The molecule has 0 bridgehead atoms. The van der Waals surface area contributed by atoms with E-state index >= 15 is 0 Å². The molecular weight excluding hydrogens is 264 g/mol. The van der Waals surface area contributed by atoms with Crippen LogP contribution in [0.5, 0.6) is 5.75 Å². The van der Waals surface area contributed by atoms with Gasteiger partial charge >= 0.3 is 0 Å². The Labute approximate surface area is 124 Å². The number of likely N-dealkylation sites (tertiary alicyclic amines) is 1. The summed E-state index contributed by atoms with van der Waals surface area (Å²) >= 11 is 0. The van der Waals surface area contributed by atoms with Crippen LogP contribution in [0.15, 0.2) is 42.6 Å². The maximum atomic E-state index is 12.4. The number of amides is 1. The quantitative estimate of drug-likeness (QED) is 0.921. The minimum atomic E-state index is 0.111. The molecule has 0 unspecified atom stereocenters. The van der Waals surface area contributed by atoms with Gasteiger partial charge in [0.2, 0.25) is 0 Å². The van der Waals surface area contributed by atoms with E-state index in [2.05, 4.69) is 4.98 Å². The Morgan fingerprint density at radius 1 is 1.00 bits per heavy atom. The third kappa shape index (κ3) is 3.05.